The van der Waals surface area contributed by atoms with Gasteiger partial charge in [0, 0.05) is 5.69 Å². The van der Waals surface area contributed by atoms with Crippen LogP contribution < -0.4 is 10.6 Å². The van der Waals surface area contributed by atoms with Gasteiger partial charge >= 0.3 is 6.03 Å². The molecule has 2 N–H and O–H groups in total. The Morgan fingerprint density at radius 2 is 1.93 bits per heavy atom. The van der Waals surface area contributed by atoms with Crippen molar-refractivity contribution in [2.24, 2.45) is 0 Å². The molecule has 0 bridgehead atoms. The first kappa shape index (κ1) is 18.1. The van der Waals surface area contributed by atoms with Crippen LogP contribution in [-0.4, -0.2) is 29.3 Å². The normalized spacial score (nSPS) is 18.8. The van der Waals surface area contributed by atoms with Crippen LogP contribution in [0.1, 0.15) is 23.6 Å². The molecule has 2 aromatic carbocycles. The summed E-state index contributed by atoms with van der Waals surface area (Å²) in [5, 5.41) is 14.2. The molecule has 0 spiro atoms. The highest BCUT2D eigenvalue weighted by Gasteiger charge is 2.49. The smallest absolute Gasteiger partial charge is 0.325 e. The number of rotatable bonds is 4. The molecule has 1 aliphatic heterocycles. The van der Waals surface area contributed by atoms with Crippen molar-refractivity contribution in [1.82, 2.24) is 10.2 Å². The van der Waals surface area contributed by atoms with Crippen LogP contribution >= 0.6 is 0 Å². The Morgan fingerprint density at radius 1 is 1.22 bits per heavy atom. The largest absolute Gasteiger partial charge is 0.325 e. The molecule has 27 heavy (non-hydrogen) atoms. The zero-order valence-corrected chi connectivity index (χ0v) is 14.9. The Morgan fingerprint density at radius 3 is 2.56 bits per heavy atom. The number of urea groups is 1. The third-order valence-electron chi connectivity index (χ3n) is 4.47. The number of amides is 4. The number of carbonyl (C=O) groups excluding carboxylic acids is 3. The van der Waals surface area contributed by atoms with Gasteiger partial charge < -0.3 is 10.6 Å². The van der Waals surface area contributed by atoms with E-state index in [1.165, 1.54) is 0 Å². The van der Waals surface area contributed by atoms with Gasteiger partial charge in [0.05, 0.1) is 11.6 Å². The molecule has 0 aromatic heterocycles. The SMILES string of the molecule is Cc1cccc(NC(=O)CN2C(=O)NC(C)(c3ccc(C#N)cc3)C2=O)c1. The van der Waals surface area contributed by atoms with Gasteiger partial charge in [0.1, 0.15) is 12.1 Å². The van der Waals surface area contributed by atoms with E-state index in [9.17, 15) is 14.4 Å². The molecule has 0 saturated carbocycles. The van der Waals surface area contributed by atoms with Gasteiger partial charge in [-0.2, -0.15) is 5.26 Å². The van der Waals surface area contributed by atoms with E-state index < -0.39 is 23.4 Å². The van der Waals surface area contributed by atoms with Crippen LogP contribution in [0.5, 0.6) is 0 Å². The number of nitriles is 1. The summed E-state index contributed by atoms with van der Waals surface area (Å²) in [6.07, 6.45) is 0. The summed E-state index contributed by atoms with van der Waals surface area (Å²) in [6.45, 7) is 3.09. The topological polar surface area (TPSA) is 102 Å². The summed E-state index contributed by atoms with van der Waals surface area (Å²) in [5.41, 5.74) is 1.29. The van der Waals surface area contributed by atoms with E-state index in [1.54, 1.807) is 49.4 Å². The van der Waals surface area contributed by atoms with Gasteiger partial charge in [0.2, 0.25) is 5.91 Å². The van der Waals surface area contributed by atoms with Gasteiger partial charge in [-0.3, -0.25) is 14.5 Å². The Balaban J connectivity index is 1.75. The molecule has 7 nitrogen and oxygen atoms in total. The lowest BCUT2D eigenvalue weighted by atomic mass is 9.91. The van der Waals surface area contributed by atoms with E-state index in [4.69, 9.17) is 5.26 Å². The highest BCUT2D eigenvalue weighted by atomic mass is 16.2. The molecule has 136 valence electrons. The highest BCUT2D eigenvalue weighted by Crippen LogP contribution is 2.29. The second-order valence-electron chi connectivity index (χ2n) is 6.55. The van der Waals surface area contributed by atoms with Gasteiger partial charge in [-0.1, -0.05) is 24.3 Å². The van der Waals surface area contributed by atoms with Crippen LogP contribution in [0.3, 0.4) is 0 Å². The number of nitrogens with zero attached hydrogens (tertiary/aromatic N) is 2. The summed E-state index contributed by atoms with van der Waals surface area (Å²) < 4.78 is 0. The minimum absolute atomic E-state index is 0.384. The first-order valence-electron chi connectivity index (χ1n) is 8.35. The van der Waals surface area contributed by atoms with Gasteiger partial charge in [-0.05, 0) is 49.2 Å². The van der Waals surface area contributed by atoms with E-state index in [0.29, 0.717) is 16.8 Å². The lowest BCUT2D eigenvalue weighted by Crippen LogP contribution is -2.42. The number of carbonyl (C=O) groups is 3. The molecule has 1 saturated heterocycles. The number of hydrogen-bond donors (Lipinski definition) is 2. The average molecular weight is 362 g/mol. The van der Waals surface area contributed by atoms with Crippen molar-refractivity contribution in [2.45, 2.75) is 19.4 Å². The zero-order valence-electron chi connectivity index (χ0n) is 14.9. The standard InChI is InChI=1S/C20H18N4O3/c1-13-4-3-5-16(10-13)22-17(25)12-24-18(26)20(2,23-19(24)27)15-8-6-14(11-21)7-9-15/h3-10H,12H2,1-2H3,(H,22,25)(H,23,27). The fraction of sp³-hybridized carbons (Fsp3) is 0.200. The highest BCUT2D eigenvalue weighted by molar-refractivity contribution is 6.10. The summed E-state index contributed by atoms with van der Waals surface area (Å²) >= 11 is 0. The van der Waals surface area contributed by atoms with E-state index in [2.05, 4.69) is 10.6 Å². The maximum atomic E-state index is 12.8. The number of hydrogen-bond acceptors (Lipinski definition) is 4. The monoisotopic (exact) mass is 362 g/mol. The van der Waals surface area contributed by atoms with Crippen LogP contribution in [0.25, 0.3) is 0 Å². The lowest BCUT2D eigenvalue weighted by molar-refractivity contribution is -0.133. The van der Waals surface area contributed by atoms with Gasteiger partial charge in [0.25, 0.3) is 5.91 Å². The van der Waals surface area contributed by atoms with Crippen LogP contribution in [0.15, 0.2) is 48.5 Å². The van der Waals surface area contributed by atoms with E-state index >= 15 is 0 Å². The minimum atomic E-state index is -1.28. The Bertz CT molecular complexity index is 962. The summed E-state index contributed by atoms with van der Waals surface area (Å²) in [4.78, 5) is 38.3. The Hall–Kier alpha value is -3.66. The predicted molar refractivity (Wildman–Crippen MR) is 98.6 cm³/mol. The summed E-state index contributed by atoms with van der Waals surface area (Å²) in [5.74, 6) is -0.982. The van der Waals surface area contributed by atoms with Crippen molar-refractivity contribution >= 4 is 23.5 Å². The van der Waals surface area contributed by atoms with Crippen LogP contribution in [0, 0.1) is 18.3 Å². The molecule has 1 heterocycles. The molecule has 1 fully saturated rings. The van der Waals surface area contributed by atoms with Crippen molar-refractivity contribution in [3.63, 3.8) is 0 Å². The zero-order chi connectivity index (χ0) is 19.6. The molecule has 1 aliphatic rings. The Kier molecular flexibility index (Phi) is 4.65. The molecule has 1 atom stereocenters. The fourth-order valence-electron chi connectivity index (χ4n) is 2.98. The first-order chi connectivity index (χ1) is 12.8. The summed E-state index contributed by atoms with van der Waals surface area (Å²) in [7, 11) is 0. The molecule has 0 aliphatic carbocycles. The minimum Gasteiger partial charge on any atom is -0.325 e. The van der Waals surface area contributed by atoms with Crippen molar-refractivity contribution in [3.8, 4) is 6.07 Å². The number of benzene rings is 2. The summed E-state index contributed by atoms with van der Waals surface area (Å²) in [6, 6.07) is 15.0. The number of imide groups is 1. The fourth-order valence-corrected chi connectivity index (χ4v) is 2.98. The van der Waals surface area contributed by atoms with Gasteiger partial charge in [0.15, 0.2) is 0 Å². The second kappa shape index (κ2) is 6.92. The van der Waals surface area contributed by atoms with Crippen molar-refractivity contribution in [1.29, 1.82) is 5.26 Å². The van der Waals surface area contributed by atoms with Gasteiger partial charge in [-0.15, -0.1) is 0 Å². The number of nitrogens with one attached hydrogen (secondary N) is 2. The molecule has 1 unspecified atom stereocenters. The second-order valence-corrected chi connectivity index (χ2v) is 6.55. The average Bonchev–Trinajstić information content (AvgIpc) is 2.86. The van der Waals surface area contributed by atoms with Crippen LogP contribution in [0.4, 0.5) is 10.5 Å². The number of aryl methyl sites for hydroxylation is 1. The van der Waals surface area contributed by atoms with Crippen LogP contribution in [0.2, 0.25) is 0 Å². The Labute approximate surface area is 156 Å². The molecule has 7 heteroatoms. The van der Waals surface area contributed by atoms with Gasteiger partial charge in [-0.25, -0.2) is 4.79 Å². The van der Waals surface area contributed by atoms with Crippen molar-refractivity contribution < 1.29 is 14.4 Å². The molecule has 3 rings (SSSR count). The molecule has 2 aromatic rings. The van der Waals surface area contributed by atoms with Crippen LogP contribution in [-0.2, 0) is 15.1 Å². The lowest BCUT2D eigenvalue weighted by Gasteiger charge is -2.22. The molecule has 0 radical (unpaired) electrons. The first-order valence-corrected chi connectivity index (χ1v) is 8.35. The van der Waals surface area contributed by atoms with Crippen molar-refractivity contribution in [3.05, 3.63) is 65.2 Å². The third-order valence-corrected chi connectivity index (χ3v) is 4.47. The van der Waals surface area contributed by atoms with E-state index in [0.717, 1.165) is 10.5 Å². The van der Waals surface area contributed by atoms with E-state index in [-0.39, 0.29) is 6.54 Å². The molecular weight excluding hydrogens is 344 g/mol. The predicted octanol–water partition coefficient (Wildman–Crippen LogP) is 2.27. The molecule has 4 amide bonds. The maximum Gasteiger partial charge on any atom is 0.325 e. The van der Waals surface area contributed by atoms with E-state index in [1.807, 2.05) is 19.1 Å². The number of anilines is 1. The molecular formula is C20H18N4O3. The quantitative estimate of drug-likeness (QED) is 0.815. The van der Waals surface area contributed by atoms with Crippen molar-refractivity contribution in [2.75, 3.05) is 11.9 Å². The third kappa shape index (κ3) is 3.51. The maximum absolute atomic E-state index is 12.8.